The fourth-order valence-electron chi connectivity index (χ4n) is 0.811. The van der Waals surface area contributed by atoms with Crippen LogP contribution in [0.25, 0.3) is 0 Å². The molecule has 0 aliphatic heterocycles. The summed E-state index contributed by atoms with van der Waals surface area (Å²) in [6, 6.07) is 3.11. The van der Waals surface area contributed by atoms with Crippen LogP contribution < -0.4 is 0 Å². The minimum atomic E-state index is -0.515. The van der Waals surface area contributed by atoms with Gasteiger partial charge in [0.05, 0.1) is 7.11 Å². The van der Waals surface area contributed by atoms with Gasteiger partial charge < -0.3 is 9.47 Å². The Bertz CT molecular complexity index is 389. The zero-order valence-electron chi connectivity index (χ0n) is 8.48. The third-order valence-corrected chi connectivity index (χ3v) is 1.49. The van der Waals surface area contributed by atoms with Crippen molar-refractivity contribution in [3.63, 3.8) is 0 Å². The Morgan fingerprint density at radius 1 is 1.40 bits per heavy atom. The topological polar surface area (TPSA) is 61.3 Å². The molecule has 0 N–H and O–H groups in total. The number of carbonyl (C=O) groups is 1. The van der Waals surface area contributed by atoms with Gasteiger partial charge in [0.2, 0.25) is 0 Å². The molecule has 5 nitrogen and oxygen atoms in total. The summed E-state index contributed by atoms with van der Waals surface area (Å²) in [7, 11) is 2.84. The van der Waals surface area contributed by atoms with Crippen LogP contribution in [-0.4, -0.2) is 37.0 Å². The van der Waals surface area contributed by atoms with Crippen LogP contribution in [0.1, 0.15) is 16.2 Å². The van der Waals surface area contributed by atoms with E-state index in [4.69, 9.17) is 4.74 Å². The second-order valence-electron chi connectivity index (χ2n) is 2.53. The maximum absolute atomic E-state index is 11.0. The van der Waals surface area contributed by atoms with E-state index in [0.717, 1.165) is 0 Å². The molecular weight excluding hydrogens is 196 g/mol. The Morgan fingerprint density at radius 2 is 2.20 bits per heavy atom. The summed E-state index contributed by atoms with van der Waals surface area (Å²) in [5.41, 5.74) is 0.648. The van der Waals surface area contributed by atoms with Crippen LogP contribution in [0.4, 0.5) is 0 Å². The molecule has 0 radical (unpaired) electrons. The van der Waals surface area contributed by atoms with Gasteiger partial charge in [-0.05, 0) is 18.1 Å². The van der Waals surface area contributed by atoms with Crippen molar-refractivity contribution in [3.05, 3.63) is 23.5 Å². The highest BCUT2D eigenvalue weighted by molar-refractivity contribution is 5.86. The van der Waals surface area contributed by atoms with E-state index in [9.17, 15) is 4.79 Å². The number of carbonyl (C=O) groups excluding carboxylic acids is 1. The zero-order chi connectivity index (χ0) is 11.1. The van der Waals surface area contributed by atoms with Crippen molar-refractivity contribution in [2.75, 3.05) is 20.8 Å². The third kappa shape index (κ3) is 3.37. The minimum Gasteiger partial charge on any atom is -0.464 e. The number of hydrogen-bond acceptors (Lipinski definition) is 5. The molecule has 0 saturated carbocycles. The lowest BCUT2D eigenvalue weighted by Crippen LogP contribution is -2.05. The summed E-state index contributed by atoms with van der Waals surface area (Å²) in [4.78, 5) is 11.0. The van der Waals surface area contributed by atoms with Gasteiger partial charge in [0.1, 0.15) is 12.3 Å². The van der Waals surface area contributed by atoms with Gasteiger partial charge in [0.15, 0.2) is 5.69 Å². The molecule has 0 aliphatic rings. The number of aromatic nitrogens is 2. The Hall–Kier alpha value is -1.93. The molecule has 0 atom stereocenters. The van der Waals surface area contributed by atoms with Crippen LogP contribution in [0.5, 0.6) is 0 Å². The molecule has 1 aromatic heterocycles. The van der Waals surface area contributed by atoms with Crippen molar-refractivity contribution < 1.29 is 14.3 Å². The molecule has 0 spiro atoms. The lowest BCUT2D eigenvalue weighted by atomic mass is 10.3. The first-order valence-electron chi connectivity index (χ1n) is 4.17. The Labute approximate surface area is 87.4 Å². The largest absolute Gasteiger partial charge is 0.464 e. The highest BCUT2D eigenvalue weighted by Crippen LogP contribution is 1.96. The molecule has 15 heavy (non-hydrogen) atoms. The van der Waals surface area contributed by atoms with Gasteiger partial charge in [-0.1, -0.05) is 5.92 Å². The number of ether oxygens (including phenoxy) is 2. The number of hydrogen-bond donors (Lipinski definition) is 0. The summed E-state index contributed by atoms with van der Waals surface area (Å²) in [5, 5.41) is 7.40. The predicted molar refractivity (Wildman–Crippen MR) is 52.1 cm³/mol. The SMILES string of the molecule is COCC#Cc1ccc(C(=O)OC)nn1. The molecular formula is C10H10N2O3. The number of nitrogens with zero attached hydrogens (tertiary/aromatic N) is 2. The van der Waals surface area contributed by atoms with Crippen LogP contribution in [0.15, 0.2) is 12.1 Å². The molecule has 0 saturated heterocycles. The van der Waals surface area contributed by atoms with E-state index in [0.29, 0.717) is 12.3 Å². The molecule has 0 amide bonds. The number of esters is 1. The fourth-order valence-corrected chi connectivity index (χ4v) is 0.811. The molecule has 0 fully saturated rings. The Balaban J connectivity index is 2.73. The van der Waals surface area contributed by atoms with Crippen LogP contribution in [-0.2, 0) is 9.47 Å². The smallest absolute Gasteiger partial charge is 0.358 e. The molecule has 0 aliphatic carbocycles. The zero-order valence-corrected chi connectivity index (χ0v) is 8.48. The van der Waals surface area contributed by atoms with Gasteiger partial charge in [0, 0.05) is 7.11 Å². The van der Waals surface area contributed by atoms with Gasteiger partial charge in [-0.25, -0.2) is 4.79 Å². The van der Waals surface area contributed by atoms with E-state index in [1.807, 2.05) is 0 Å². The minimum absolute atomic E-state index is 0.162. The van der Waals surface area contributed by atoms with E-state index in [2.05, 4.69) is 26.8 Å². The van der Waals surface area contributed by atoms with Crippen LogP contribution in [0.3, 0.4) is 0 Å². The van der Waals surface area contributed by atoms with Gasteiger partial charge in [0.25, 0.3) is 0 Å². The molecule has 1 rings (SSSR count). The second-order valence-corrected chi connectivity index (χ2v) is 2.53. The van der Waals surface area contributed by atoms with Crippen molar-refractivity contribution >= 4 is 5.97 Å². The third-order valence-electron chi connectivity index (χ3n) is 1.49. The van der Waals surface area contributed by atoms with E-state index in [1.54, 1.807) is 13.2 Å². The lowest BCUT2D eigenvalue weighted by Gasteiger charge is -1.95. The van der Waals surface area contributed by atoms with E-state index in [1.165, 1.54) is 13.2 Å². The van der Waals surface area contributed by atoms with Gasteiger partial charge >= 0.3 is 5.97 Å². The monoisotopic (exact) mass is 206 g/mol. The molecule has 0 unspecified atom stereocenters. The van der Waals surface area contributed by atoms with Crippen molar-refractivity contribution in [2.24, 2.45) is 0 Å². The summed E-state index contributed by atoms with van der Waals surface area (Å²) in [6.45, 7) is 0.334. The maximum Gasteiger partial charge on any atom is 0.358 e. The van der Waals surface area contributed by atoms with Crippen LogP contribution in [0.2, 0.25) is 0 Å². The number of rotatable bonds is 2. The molecule has 0 aromatic carbocycles. The lowest BCUT2D eigenvalue weighted by molar-refractivity contribution is 0.0592. The first-order valence-corrected chi connectivity index (χ1v) is 4.17. The second kappa shape index (κ2) is 5.73. The quantitative estimate of drug-likeness (QED) is 0.513. The molecule has 1 heterocycles. The van der Waals surface area contributed by atoms with E-state index < -0.39 is 5.97 Å². The summed E-state index contributed by atoms with van der Waals surface area (Å²) in [6.07, 6.45) is 0. The van der Waals surface area contributed by atoms with Crippen LogP contribution >= 0.6 is 0 Å². The highest BCUT2D eigenvalue weighted by Gasteiger charge is 2.06. The van der Waals surface area contributed by atoms with Crippen molar-refractivity contribution in [1.29, 1.82) is 0 Å². The number of methoxy groups -OCH3 is 2. The first kappa shape index (κ1) is 11.1. The molecule has 78 valence electrons. The standard InChI is InChI=1S/C10H10N2O3/c1-14-7-3-4-8-5-6-9(12-11-8)10(13)15-2/h5-6H,7H2,1-2H3. The molecule has 1 aromatic rings. The maximum atomic E-state index is 11.0. The van der Waals surface area contributed by atoms with E-state index in [-0.39, 0.29) is 5.69 Å². The average Bonchev–Trinajstić information content (AvgIpc) is 2.29. The van der Waals surface area contributed by atoms with Crippen LogP contribution in [0, 0.1) is 11.8 Å². The normalized spacial score (nSPS) is 8.93. The van der Waals surface area contributed by atoms with Gasteiger partial charge in [-0.2, -0.15) is 0 Å². The first-order chi connectivity index (χ1) is 7.27. The predicted octanol–water partition coefficient (Wildman–Crippen LogP) is 0.261. The van der Waals surface area contributed by atoms with Crippen molar-refractivity contribution in [1.82, 2.24) is 10.2 Å². The van der Waals surface area contributed by atoms with Crippen molar-refractivity contribution in [3.8, 4) is 11.8 Å². The Morgan fingerprint density at radius 3 is 2.73 bits per heavy atom. The summed E-state index contributed by atoms with van der Waals surface area (Å²) < 4.78 is 9.22. The average molecular weight is 206 g/mol. The van der Waals surface area contributed by atoms with E-state index >= 15 is 0 Å². The van der Waals surface area contributed by atoms with Crippen molar-refractivity contribution in [2.45, 2.75) is 0 Å². The molecule has 0 bridgehead atoms. The summed E-state index contributed by atoms with van der Waals surface area (Å²) >= 11 is 0. The summed E-state index contributed by atoms with van der Waals surface area (Å²) in [5.74, 6) is 4.94. The Kier molecular flexibility index (Phi) is 4.26. The highest BCUT2D eigenvalue weighted by atomic mass is 16.5. The van der Waals surface area contributed by atoms with Gasteiger partial charge in [-0.3, -0.25) is 0 Å². The van der Waals surface area contributed by atoms with Gasteiger partial charge in [-0.15, -0.1) is 10.2 Å². The fraction of sp³-hybridized carbons (Fsp3) is 0.300. The molecule has 5 heteroatoms.